The van der Waals surface area contributed by atoms with Crippen LogP contribution in [-0.4, -0.2) is 17.6 Å². The second kappa shape index (κ2) is 4.42. The summed E-state index contributed by atoms with van der Waals surface area (Å²) in [6.07, 6.45) is 3.79. The van der Waals surface area contributed by atoms with Gasteiger partial charge in [0.15, 0.2) is 12.6 Å². The van der Waals surface area contributed by atoms with Crippen molar-refractivity contribution in [2.75, 3.05) is 0 Å². The fourth-order valence-corrected chi connectivity index (χ4v) is 4.63. The quantitative estimate of drug-likeness (QED) is 0.722. The molecule has 1 heterocycles. The lowest BCUT2D eigenvalue weighted by atomic mass is 9.63. The molecule has 112 valence electrons. The average molecular weight is 301 g/mol. The number of carbonyl (C=O) groups excluding carboxylic acids is 2. The maximum Gasteiger partial charge on any atom is 0.166 e. The molecule has 3 heteroatoms. The molecule has 0 radical (unpaired) electrons. The lowest BCUT2D eigenvalue weighted by Crippen LogP contribution is -2.25. The molecule has 2 atom stereocenters. The molecule has 0 saturated heterocycles. The monoisotopic (exact) mass is 301 g/mol. The van der Waals surface area contributed by atoms with Crippen LogP contribution in [-0.2, 0) is 0 Å². The molecule has 2 unspecified atom stereocenters. The number of hydrogen-bond acceptors (Lipinski definition) is 2. The summed E-state index contributed by atoms with van der Waals surface area (Å²) in [5.41, 5.74) is 5.92. The highest BCUT2D eigenvalue weighted by atomic mass is 16.1. The van der Waals surface area contributed by atoms with Gasteiger partial charge in [-0.3, -0.25) is 9.59 Å². The third kappa shape index (κ3) is 1.54. The Balaban J connectivity index is 1.84. The van der Waals surface area contributed by atoms with Crippen molar-refractivity contribution in [2.45, 2.75) is 24.7 Å². The van der Waals surface area contributed by atoms with Gasteiger partial charge in [-0.2, -0.15) is 0 Å². The van der Waals surface area contributed by atoms with Crippen LogP contribution in [0.4, 0.5) is 0 Å². The van der Waals surface area contributed by atoms with E-state index < -0.39 is 0 Å². The zero-order valence-corrected chi connectivity index (χ0v) is 12.5. The van der Waals surface area contributed by atoms with Crippen LogP contribution in [0.1, 0.15) is 67.9 Å². The Labute approximate surface area is 133 Å². The van der Waals surface area contributed by atoms with Gasteiger partial charge in [-0.25, -0.2) is 0 Å². The van der Waals surface area contributed by atoms with Gasteiger partial charge in [0, 0.05) is 11.8 Å². The topological polar surface area (TPSA) is 49.9 Å². The van der Waals surface area contributed by atoms with E-state index in [4.69, 9.17) is 0 Å². The second-order valence-electron chi connectivity index (χ2n) is 6.53. The summed E-state index contributed by atoms with van der Waals surface area (Å²) in [7, 11) is 0. The first-order chi connectivity index (χ1) is 11.3. The molecule has 0 amide bonds. The number of aromatic nitrogens is 1. The van der Waals surface area contributed by atoms with Crippen molar-refractivity contribution in [3.63, 3.8) is 0 Å². The van der Waals surface area contributed by atoms with Gasteiger partial charge >= 0.3 is 0 Å². The molecule has 3 aliphatic rings. The third-order valence-electron chi connectivity index (χ3n) is 5.52. The molecule has 3 nitrogen and oxygen atoms in total. The van der Waals surface area contributed by atoms with Crippen molar-refractivity contribution in [1.29, 1.82) is 0 Å². The van der Waals surface area contributed by atoms with Gasteiger partial charge in [-0.15, -0.1) is 0 Å². The lowest BCUT2D eigenvalue weighted by molar-refractivity contribution is 0.111. The van der Waals surface area contributed by atoms with Crippen molar-refractivity contribution >= 4 is 23.3 Å². The Morgan fingerprint density at radius 1 is 0.826 bits per heavy atom. The fourth-order valence-electron chi connectivity index (χ4n) is 4.63. The third-order valence-corrected chi connectivity index (χ3v) is 5.52. The molecule has 3 aliphatic carbocycles. The second-order valence-corrected chi connectivity index (χ2v) is 6.53. The predicted octanol–water partition coefficient (Wildman–Crippen LogP) is 4.16. The number of nitrogens with one attached hydrogen (secondary N) is 1. The Kier molecular flexibility index (Phi) is 2.46. The number of fused-ring (bicyclic) bond motifs is 2. The number of aldehydes is 2. The molecule has 2 bridgehead atoms. The van der Waals surface area contributed by atoms with Gasteiger partial charge < -0.3 is 4.98 Å². The lowest BCUT2D eigenvalue weighted by Gasteiger charge is -2.39. The summed E-state index contributed by atoms with van der Waals surface area (Å²) in [5.74, 6) is 0.444. The van der Waals surface area contributed by atoms with Crippen LogP contribution in [0, 0.1) is 0 Å². The Bertz CT molecular complexity index is 906. The van der Waals surface area contributed by atoms with Gasteiger partial charge in [0.25, 0.3) is 0 Å². The largest absolute Gasteiger partial charge is 0.350 e. The standard InChI is InChI=1S/C20H15NO2/c22-9-17-19-13-5-6-14(20(19)18(10-23)21-17)16-8-12-4-2-1-3-11(12)7-15(13)16/h1-4,7-10,13-14,21H,5-6H2. The van der Waals surface area contributed by atoms with Crippen LogP contribution in [0.5, 0.6) is 0 Å². The average Bonchev–Trinajstić information content (AvgIpc) is 3.00. The minimum absolute atomic E-state index is 0.222. The minimum atomic E-state index is 0.222. The minimum Gasteiger partial charge on any atom is -0.350 e. The number of hydrogen-bond donors (Lipinski definition) is 1. The van der Waals surface area contributed by atoms with Crippen molar-refractivity contribution in [3.05, 3.63) is 70.0 Å². The van der Waals surface area contributed by atoms with E-state index in [1.807, 2.05) is 0 Å². The molecule has 1 N–H and O–H groups in total. The van der Waals surface area contributed by atoms with E-state index in [0.29, 0.717) is 11.4 Å². The van der Waals surface area contributed by atoms with Crippen LogP contribution in [0.2, 0.25) is 0 Å². The van der Waals surface area contributed by atoms with Crippen LogP contribution in [0.25, 0.3) is 10.8 Å². The molecular formula is C20H15NO2. The molecule has 1 aromatic heterocycles. The number of rotatable bonds is 2. The molecule has 23 heavy (non-hydrogen) atoms. The van der Waals surface area contributed by atoms with Gasteiger partial charge in [0.1, 0.15) is 0 Å². The van der Waals surface area contributed by atoms with Crippen LogP contribution in [0.15, 0.2) is 36.4 Å². The molecular weight excluding hydrogens is 286 g/mol. The summed E-state index contributed by atoms with van der Waals surface area (Å²) in [5, 5.41) is 2.47. The highest BCUT2D eigenvalue weighted by molar-refractivity contribution is 5.89. The first-order valence-electron chi connectivity index (χ1n) is 8.00. The fraction of sp³-hybridized carbons (Fsp3) is 0.200. The van der Waals surface area contributed by atoms with Gasteiger partial charge in [0.05, 0.1) is 11.4 Å². The zero-order valence-electron chi connectivity index (χ0n) is 12.5. The molecule has 0 spiro atoms. The van der Waals surface area contributed by atoms with Crippen molar-refractivity contribution in [3.8, 4) is 0 Å². The first-order valence-corrected chi connectivity index (χ1v) is 8.00. The SMILES string of the molecule is O=Cc1[nH]c(C=O)c2c1C1CCC2c2cc3ccccc3cc21. The summed E-state index contributed by atoms with van der Waals surface area (Å²) >= 11 is 0. The van der Waals surface area contributed by atoms with E-state index in [1.54, 1.807) is 0 Å². The highest BCUT2D eigenvalue weighted by Crippen LogP contribution is 2.55. The highest BCUT2D eigenvalue weighted by Gasteiger charge is 2.41. The first kappa shape index (κ1) is 12.8. The van der Waals surface area contributed by atoms with Gasteiger partial charge in [-0.05, 0) is 45.9 Å². The Morgan fingerprint density at radius 3 is 1.74 bits per heavy atom. The van der Waals surface area contributed by atoms with Crippen LogP contribution in [0.3, 0.4) is 0 Å². The Hall–Kier alpha value is -2.68. The number of carbonyl (C=O) groups is 2. The summed E-state index contributed by atoms with van der Waals surface area (Å²) in [6.45, 7) is 0. The van der Waals surface area contributed by atoms with E-state index in [2.05, 4.69) is 41.4 Å². The van der Waals surface area contributed by atoms with E-state index in [9.17, 15) is 9.59 Å². The predicted molar refractivity (Wildman–Crippen MR) is 88.4 cm³/mol. The zero-order chi connectivity index (χ0) is 15.6. The summed E-state index contributed by atoms with van der Waals surface area (Å²) < 4.78 is 0. The van der Waals surface area contributed by atoms with E-state index in [0.717, 1.165) is 36.5 Å². The van der Waals surface area contributed by atoms with E-state index in [-0.39, 0.29) is 11.8 Å². The molecule has 0 saturated carbocycles. The number of aromatic amines is 1. The van der Waals surface area contributed by atoms with Crippen LogP contribution < -0.4 is 0 Å². The summed E-state index contributed by atoms with van der Waals surface area (Å²) in [4.78, 5) is 26.0. The van der Waals surface area contributed by atoms with Crippen molar-refractivity contribution in [2.24, 2.45) is 0 Å². The molecule has 6 rings (SSSR count). The van der Waals surface area contributed by atoms with Gasteiger partial charge in [-0.1, -0.05) is 36.4 Å². The molecule has 0 aliphatic heterocycles. The van der Waals surface area contributed by atoms with E-state index >= 15 is 0 Å². The van der Waals surface area contributed by atoms with Crippen molar-refractivity contribution in [1.82, 2.24) is 4.98 Å². The normalized spacial score (nSPS) is 21.0. The molecule has 2 aromatic carbocycles. The number of benzene rings is 2. The smallest absolute Gasteiger partial charge is 0.166 e. The maximum absolute atomic E-state index is 11.5. The van der Waals surface area contributed by atoms with Gasteiger partial charge in [0.2, 0.25) is 0 Å². The van der Waals surface area contributed by atoms with E-state index in [1.165, 1.54) is 21.9 Å². The van der Waals surface area contributed by atoms with Crippen LogP contribution >= 0.6 is 0 Å². The maximum atomic E-state index is 11.5. The number of H-pyrrole nitrogens is 1. The Morgan fingerprint density at radius 2 is 1.30 bits per heavy atom. The molecule has 3 aromatic rings. The molecule has 0 fully saturated rings. The van der Waals surface area contributed by atoms with Crippen molar-refractivity contribution < 1.29 is 9.59 Å². The summed E-state index contributed by atoms with van der Waals surface area (Å²) in [6, 6.07) is 12.9.